The minimum Gasteiger partial charge on any atom is -0.341 e. The molecule has 0 aromatic heterocycles. The van der Waals surface area contributed by atoms with Crippen LogP contribution in [0.1, 0.15) is 12.8 Å². The molecule has 118 valence electrons. The fraction of sp³-hybridized carbons (Fsp3) is 0.467. The molecule has 2 aliphatic rings. The second-order valence-electron chi connectivity index (χ2n) is 5.42. The largest absolute Gasteiger partial charge is 0.341 e. The van der Waals surface area contributed by atoms with Crippen molar-refractivity contribution in [2.45, 2.75) is 23.0 Å². The van der Waals surface area contributed by atoms with Crippen molar-refractivity contribution in [2.75, 3.05) is 31.5 Å². The number of halogens is 1. The number of benzene rings is 1. The van der Waals surface area contributed by atoms with Gasteiger partial charge in [0.2, 0.25) is 11.8 Å². The number of fused-ring (bicyclic) bond motifs is 1. The summed E-state index contributed by atoms with van der Waals surface area (Å²) in [5, 5.41) is 6.33. The molecule has 0 aliphatic carbocycles. The van der Waals surface area contributed by atoms with Crippen LogP contribution in [0.25, 0.3) is 0 Å². The second-order valence-corrected chi connectivity index (χ2v) is 7.11. The summed E-state index contributed by atoms with van der Waals surface area (Å²) in [7, 11) is 0. The summed E-state index contributed by atoms with van der Waals surface area (Å²) in [4.78, 5) is 27.4. The van der Waals surface area contributed by atoms with Crippen molar-refractivity contribution in [2.24, 2.45) is 0 Å². The summed E-state index contributed by atoms with van der Waals surface area (Å²) in [5.41, 5.74) is 0.727. The molecule has 3 rings (SSSR count). The lowest BCUT2D eigenvalue weighted by molar-refractivity contribution is -0.132. The van der Waals surface area contributed by atoms with Gasteiger partial charge in [-0.1, -0.05) is 11.6 Å². The molecule has 1 fully saturated rings. The van der Waals surface area contributed by atoms with Crippen LogP contribution in [0.3, 0.4) is 0 Å². The lowest BCUT2D eigenvalue weighted by atomic mass is 10.2. The van der Waals surface area contributed by atoms with Gasteiger partial charge < -0.3 is 15.5 Å². The Morgan fingerprint density at radius 2 is 2.23 bits per heavy atom. The smallest absolute Gasteiger partial charge is 0.238 e. The van der Waals surface area contributed by atoms with Gasteiger partial charge in [-0.05, 0) is 31.2 Å². The van der Waals surface area contributed by atoms with Crippen LogP contribution in [0.5, 0.6) is 0 Å². The molecule has 1 atom stereocenters. The van der Waals surface area contributed by atoms with Gasteiger partial charge in [-0.2, -0.15) is 0 Å². The van der Waals surface area contributed by atoms with Crippen molar-refractivity contribution in [3.8, 4) is 0 Å². The van der Waals surface area contributed by atoms with Gasteiger partial charge in [0.15, 0.2) is 0 Å². The first-order valence-electron chi connectivity index (χ1n) is 7.39. The van der Waals surface area contributed by atoms with Gasteiger partial charge in [0.25, 0.3) is 0 Å². The van der Waals surface area contributed by atoms with Crippen molar-refractivity contribution in [3.05, 3.63) is 23.2 Å². The van der Waals surface area contributed by atoms with Crippen LogP contribution in [-0.2, 0) is 9.59 Å². The van der Waals surface area contributed by atoms with E-state index in [4.69, 9.17) is 11.6 Å². The van der Waals surface area contributed by atoms with Crippen molar-refractivity contribution in [1.29, 1.82) is 0 Å². The standard InChI is InChI=1S/C15H18ClN3O2S/c16-10-2-3-12-11(8-10)18-15(21)13(22-12)9-14(20)19-6-1-4-17-5-7-19/h2-3,8,13,17H,1,4-7,9H2,(H,18,21). The number of carbonyl (C=O) groups excluding carboxylic acids is 2. The van der Waals surface area contributed by atoms with E-state index in [0.29, 0.717) is 11.6 Å². The number of hydrogen-bond donors (Lipinski definition) is 2. The van der Waals surface area contributed by atoms with E-state index in [0.717, 1.165) is 36.6 Å². The fourth-order valence-electron chi connectivity index (χ4n) is 2.64. The van der Waals surface area contributed by atoms with Crippen LogP contribution in [0, 0.1) is 0 Å². The molecule has 7 heteroatoms. The first kappa shape index (κ1) is 15.6. The Morgan fingerprint density at radius 3 is 3.09 bits per heavy atom. The van der Waals surface area contributed by atoms with E-state index in [1.165, 1.54) is 11.8 Å². The number of amides is 2. The Labute approximate surface area is 138 Å². The highest BCUT2D eigenvalue weighted by molar-refractivity contribution is 8.01. The molecule has 2 amide bonds. The van der Waals surface area contributed by atoms with Crippen LogP contribution < -0.4 is 10.6 Å². The number of carbonyl (C=O) groups is 2. The predicted octanol–water partition coefficient (Wildman–Crippen LogP) is 1.96. The van der Waals surface area contributed by atoms with Crippen LogP contribution >= 0.6 is 23.4 Å². The predicted molar refractivity (Wildman–Crippen MR) is 88.4 cm³/mol. The maximum Gasteiger partial charge on any atom is 0.238 e. The fourth-order valence-corrected chi connectivity index (χ4v) is 3.89. The Morgan fingerprint density at radius 1 is 1.36 bits per heavy atom. The van der Waals surface area contributed by atoms with Crippen LogP contribution in [-0.4, -0.2) is 48.1 Å². The molecule has 0 bridgehead atoms. The van der Waals surface area contributed by atoms with Gasteiger partial charge in [0, 0.05) is 36.0 Å². The number of rotatable bonds is 2. The van der Waals surface area contributed by atoms with Crippen molar-refractivity contribution < 1.29 is 9.59 Å². The summed E-state index contributed by atoms with van der Waals surface area (Å²) in [6, 6.07) is 5.42. The Balaban J connectivity index is 1.66. The molecule has 2 N–H and O–H groups in total. The molecular weight excluding hydrogens is 322 g/mol. The van der Waals surface area contributed by atoms with Crippen molar-refractivity contribution in [1.82, 2.24) is 10.2 Å². The van der Waals surface area contributed by atoms with Crippen LogP contribution in [0.2, 0.25) is 5.02 Å². The molecule has 0 saturated carbocycles. The summed E-state index contributed by atoms with van der Waals surface area (Å²) < 4.78 is 0. The first-order chi connectivity index (χ1) is 10.6. The van der Waals surface area contributed by atoms with Gasteiger partial charge in [0.1, 0.15) is 0 Å². The quantitative estimate of drug-likeness (QED) is 0.864. The topological polar surface area (TPSA) is 61.4 Å². The number of nitrogens with zero attached hydrogens (tertiary/aromatic N) is 1. The summed E-state index contributed by atoms with van der Waals surface area (Å²) in [6.45, 7) is 3.23. The van der Waals surface area contributed by atoms with E-state index in [2.05, 4.69) is 10.6 Å². The number of nitrogens with one attached hydrogen (secondary N) is 2. The van der Waals surface area contributed by atoms with Crippen LogP contribution in [0.15, 0.2) is 23.1 Å². The second kappa shape index (κ2) is 6.89. The Bertz CT molecular complexity index is 588. The highest BCUT2D eigenvalue weighted by Crippen LogP contribution is 2.38. The number of anilines is 1. The van der Waals surface area contributed by atoms with Gasteiger partial charge >= 0.3 is 0 Å². The Hall–Kier alpha value is -1.24. The molecule has 1 unspecified atom stereocenters. The van der Waals surface area contributed by atoms with Crippen molar-refractivity contribution in [3.63, 3.8) is 0 Å². The first-order valence-corrected chi connectivity index (χ1v) is 8.65. The monoisotopic (exact) mass is 339 g/mol. The summed E-state index contributed by atoms with van der Waals surface area (Å²) in [5.74, 6) is -0.0742. The molecule has 1 saturated heterocycles. The average molecular weight is 340 g/mol. The molecule has 2 aliphatic heterocycles. The zero-order chi connectivity index (χ0) is 15.5. The maximum absolute atomic E-state index is 12.4. The molecule has 1 aromatic carbocycles. The lowest BCUT2D eigenvalue weighted by Crippen LogP contribution is -2.39. The third-order valence-electron chi connectivity index (χ3n) is 3.81. The highest BCUT2D eigenvalue weighted by atomic mass is 35.5. The molecule has 22 heavy (non-hydrogen) atoms. The molecule has 2 heterocycles. The van der Waals surface area contributed by atoms with Gasteiger partial charge in [-0.3, -0.25) is 9.59 Å². The minimum absolute atomic E-state index is 0.0498. The zero-order valence-corrected chi connectivity index (χ0v) is 13.7. The highest BCUT2D eigenvalue weighted by Gasteiger charge is 2.30. The SMILES string of the molecule is O=C1Nc2cc(Cl)ccc2SC1CC(=O)N1CCCNCC1. The molecule has 0 spiro atoms. The normalized spacial score (nSPS) is 21.8. The van der Waals surface area contributed by atoms with E-state index in [9.17, 15) is 9.59 Å². The number of hydrogen-bond acceptors (Lipinski definition) is 4. The Kier molecular flexibility index (Phi) is 4.90. The minimum atomic E-state index is -0.377. The van der Waals surface area contributed by atoms with E-state index in [-0.39, 0.29) is 23.5 Å². The third kappa shape index (κ3) is 3.56. The summed E-state index contributed by atoms with van der Waals surface area (Å²) in [6.07, 6.45) is 1.19. The van der Waals surface area contributed by atoms with Crippen LogP contribution in [0.4, 0.5) is 5.69 Å². The third-order valence-corrected chi connectivity index (χ3v) is 5.32. The van der Waals surface area contributed by atoms with E-state index in [1.807, 2.05) is 11.0 Å². The molecule has 1 aromatic rings. The average Bonchev–Trinajstić information content (AvgIpc) is 2.77. The van der Waals surface area contributed by atoms with Gasteiger partial charge in [-0.25, -0.2) is 0 Å². The van der Waals surface area contributed by atoms with Gasteiger partial charge in [-0.15, -0.1) is 11.8 Å². The lowest BCUT2D eigenvalue weighted by Gasteiger charge is -2.26. The maximum atomic E-state index is 12.4. The number of thioether (sulfide) groups is 1. The van der Waals surface area contributed by atoms with E-state index < -0.39 is 0 Å². The zero-order valence-electron chi connectivity index (χ0n) is 12.1. The molecular formula is C15H18ClN3O2S. The van der Waals surface area contributed by atoms with E-state index in [1.54, 1.807) is 12.1 Å². The van der Waals surface area contributed by atoms with Gasteiger partial charge in [0.05, 0.1) is 10.9 Å². The molecule has 0 radical (unpaired) electrons. The van der Waals surface area contributed by atoms with Crippen molar-refractivity contribution >= 4 is 40.9 Å². The summed E-state index contributed by atoms with van der Waals surface area (Å²) >= 11 is 7.37. The molecule has 5 nitrogen and oxygen atoms in total. The van der Waals surface area contributed by atoms with E-state index >= 15 is 0 Å².